The Morgan fingerprint density at radius 1 is 1.25 bits per heavy atom. The van der Waals surface area contributed by atoms with Gasteiger partial charge in [0.1, 0.15) is 4.83 Å². The van der Waals surface area contributed by atoms with E-state index in [0.717, 1.165) is 28.0 Å². The third-order valence-electron chi connectivity index (χ3n) is 4.43. The van der Waals surface area contributed by atoms with E-state index in [0.29, 0.717) is 10.8 Å². The van der Waals surface area contributed by atoms with Crippen LogP contribution in [0.1, 0.15) is 47.7 Å². The predicted molar refractivity (Wildman–Crippen MR) is 111 cm³/mol. The van der Waals surface area contributed by atoms with E-state index in [2.05, 4.69) is 24.3 Å². The summed E-state index contributed by atoms with van der Waals surface area (Å²) in [5.41, 5.74) is 1.71. The molecule has 9 heteroatoms. The molecule has 0 saturated heterocycles. The first-order chi connectivity index (χ1) is 13.1. The quantitative estimate of drug-likeness (QED) is 0.638. The molecule has 0 radical (unpaired) electrons. The maximum absolute atomic E-state index is 12.7. The maximum atomic E-state index is 12.7. The minimum atomic E-state index is -3.73. The average Bonchev–Trinajstić information content (AvgIpc) is 3.15. The van der Waals surface area contributed by atoms with Gasteiger partial charge >= 0.3 is 0 Å². The van der Waals surface area contributed by atoms with Gasteiger partial charge in [-0.15, -0.1) is 11.3 Å². The fourth-order valence-corrected chi connectivity index (χ4v) is 4.58. The minimum Gasteiger partial charge on any atom is -0.345 e. The number of hydrogen-bond acceptors (Lipinski definition) is 5. The van der Waals surface area contributed by atoms with Crippen LogP contribution in [0.25, 0.3) is 10.2 Å². The van der Waals surface area contributed by atoms with Crippen molar-refractivity contribution in [3.8, 4) is 0 Å². The van der Waals surface area contributed by atoms with Gasteiger partial charge in [-0.25, -0.2) is 13.6 Å². The highest BCUT2D eigenvalue weighted by Crippen LogP contribution is 2.29. The van der Waals surface area contributed by atoms with Gasteiger partial charge in [0.2, 0.25) is 10.0 Å². The largest absolute Gasteiger partial charge is 0.345 e. The van der Waals surface area contributed by atoms with Crippen molar-refractivity contribution in [1.29, 1.82) is 0 Å². The van der Waals surface area contributed by atoms with Crippen molar-refractivity contribution >= 4 is 37.5 Å². The summed E-state index contributed by atoms with van der Waals surface area (Å²) >= 11 is 1.43. The third kappa shape index (κ3) is 4.26. The van der Waals surface area contributed by atoms with Gasteiger partial charge in [0.05, 0.1) is 21.5 Å². The molecule has 0 fully saturated rings. The molecule has 0 spiro atoms. The van der Waals surface area contributed by atoms with Crippen molar-refractivity contribution in [3.05, 3.63) is 46.5 Å². The molecule has 0 saturated carbocycles. The Kier molecular flexibility index (Phi) is 5.60. The van der Waals surface area contributed by atoms with Gasteiger partial charge in [-0.3, -0.25) is 9.48 Å². The van der Waals surface area contributed by atoms with Gasteiger partial charge in [-0.05, 0) is 43.5 Å². The van der Waals surface area contributed by atoms with Crippen LogP contribution in [0.5, 0.6) is 0 Å². The summed E-state index contributed by atoms with van der Waals surface area (Å²) in [6.07, 6.45) is 0. The Morgan fingerprint density at radius 3 is 2.46 bits per heavy atom. The smallest absolute Gasteiger partial charge is 0.261 e. The van der Waals surface area contributed by atoms with Gasteiger partial charge in [-0.1, -0.05) is 26.0 Å². The van der Waals surface area contributed by atoms with Crippen molar-refractivity contribution < 1.29 is 13.2 Å². The molecule has 1 amide bonds. The monoisotopic (exact) mass is 420 g/mol. The molecule has 150 valence electrons. The van der Waals surface area contributed by atoms with E-state index < -0.39 is 10.0 Å². The molecular weight excluding hydrogens is 396 g/mol. The highest BCUT2D eigenvalue weighted by atomic mass is 32.2. The lowest BCUT2D eigenvalue weighted by atomic mass is 10.1. The van der Waals surface area contributed by atoms with Crippen LogP contribution in [0, 0.1) is 12.8 Å². The highest BCUT2D eigenvalue weighted by Gasteiger charge is 2.19. The number of carbonyl (C=O) groups is 1. The summed E-state index contributed by atoms with van der Waals surface area (Å²) in [6.45, 7) is 8.87. The summed E-state index contributed by atoms with van der Waals surface area (Å²) in [7, 11) is -3.73. The Hall–Kier alpha value is -2.23. The number of primary sulfonamides is 1. The number of thiophene rings is 1. The van der Waals surface area contributed by atoms with E-state index in [1.165, 1.54) is 23.5 Å². The van der Waals surface area contributed by atoms with E-state index in [1.807, 2.05) is 24.6 Å². The first-order valence-electron chi connectivity index (χ1n) is 8.97. The topological polar surface area (TPSA) is 107 Å². The lowest BCUT2D eigenvalue weighted by molar-refractivity contribution is 0.0944. The number of rotatable bonds is 6. The number of nitrogens with zero attached hydrogens (tertiary/aromatic N) is 2. The molecule has 3 N–H and O–H groups in total. The van der Waals surface area contributed by atoms with Crippen molar-refractivity contribution in [2.24, 2.45) is 11.1 Å². The fraction of sp³-hybridized carbons (Fsp3) is 0.368. The molecule has 2 aromatic heterocycles. The van der Waals surface area contributed by atoms with Crippen molar-refractivity contribution in [2.45, 2.75) is 45.2 Å². The zero-order valence-electron chi connectivity index (χ0n) is 16.3. The molecule has 1 aromatic carbocycles. The van der Waals surface area contributed by atoms with Crippen LogP contribution >= 0.6 is 11.3 Å². The number of fused-ring (bicyclic) bond motifs is 1. The first-order valence-corrected chi connectivity index (χ1v) is 11.3. The number of amides is 1. The number of carbonyl (C=O) groups excluding carboxylic acids is 1. The van der Waals surface area contributed by atoms with Crippen molar-refractivity contribution in [3.63, 3.8) is 0 Å². The van der Waals surface area contributed by atoms with E-state index in [1.54, 1.807) is 12.1 Å². The molecule has 0 aliphatic heterocycles. The summed E-state index contributed by atoms with van der Waals surface area (Å²) < 4.78 is 24.7. The van der Waals surface area contributed by atoms with E-state index in [9.17, 15) is 13.2 Å². The lowest BCUT2D eigenvalue weighted by Crippen LogP contribution is -2.26. The number of hydrogen-bond donors (Lipinski definition) is 2. The molecular formula is C19H24N4O3S2. The third-order valence-corrected chi connectivity index (χ3v) is 6.50. The van der Waals surface area contributed by atoms with Gasteiger partial charge in [0.25, 0.3) is 5.91 Å². The van der Waals surface area contributed by atoms with Crippen molar-refractivity contribution in [2.75, 3.05) is 0 Å². The number of sulfonamides is 1. The van der Waals surface area contributed by atoms with Gasteiger partial charge in [0, 0.05) is 11.9 Å². The van der Waals surface area contributed by atoms with Crippen LogP contribution in [-0.2, 0) is 16.6 Å². The molecule has 3 rings (SSSR count). The summed E-state index contributed by atoms with van der Waals surface area (Å²) in [5, 5.41) is 13.6. The Morgan fingerprint density at radius 2 is 1.89 bits per heavy atom. The van der Waals surface area contributed by atoms with Gasteiger partial charge < -0.3 is 5.32 Å². The molecule has 0 aliphatic carbocycles. The van der Waals surface area contributed by atoms with Crippen LogP contribution < -0.4 is 10.5 Å². The van der Waals surface area contributed by atoms with Crippen LogP contribution in [0.2, 0.25) is 0 Å². The zero-order valence-corrected chi connectivity index (χ0v) is 17.9. The molecule has 0 bridgehead atoms. The summed E-state index contributed by atoms with van der Waals surface area (Å²) in [4.78, 5) is 14.4. The van der Waals surface area contributed by atoms with Gasteiger partial charge in [-0.2, -0.15) is 5.10 Å². The summed E-state index contributed by atoms with van der Waals surface area (Å²) in [6, 6.07) is 7.79. The molecule has 0 unspecified atom stereocenters. The van der Waals surface area contributed by atoms with Crippen LogP contribution in [0.3, 0.4) is 0 Å². The predicted octanol–water partition coefficient (Wildman–Crippen LogP) is 3.20. The van der Waals surface area contributed by atoms with E-state index >= 15 is 0 Å². The number of aromatic nitrogens is 2. The van der Waals surface area contributed by atoms with Gasteiger partial charge in [0.15, 0.2) is 0 Å². The standard InChI is InChI=1S/C19H24N4O3S2/c1-11(2)10-23-19-16(13(4)22-23)9-17(27-19)18(24)21-12(3)14-5-7-15(8-6-14)28(20,25)26/h5-9,11-12H,10H2,1-4H3,(H,21,24)(H2,20,25,26)/t12-/m1/s1. The normalized spacial score (nSPS) is 13.2. The average molecular weight is 421 g/mol. The van der Waals surface area contributed by atoms with E-state index in [-0.39, 0.29) is 16.8 Å². The zero-order chi connectivity index (χ0) is 20.6. The second-order valence-electron chi connectivity index (χ2n) is 7.30. The number of nitrogens with two attached hydrogens (primary N) is 1. The van der Waals surface area contributed by atoms with Crippen LogP contribution in [-0.4, -0.2) is 24.1 Å². The number of nitrogens with one attached hydrogen (secondary N) is 1. The number of aryl methyl sites for hydroxylation is 1. The second kappa shape index (κ2) is 7.65. The lowest BCUT2D eigenvalue weighted by Gasteiger charge is -2.14. The van der Waals surface area contributed by atoms with Crippen LogP contribution in [0.4, 0.5) is 0 Å². The Labute approximate surface area is 168 Å². The fourth-order valence-electron chi connectivity index (χ4n) is 2.99. The molecule has 3 aromatic rings. The molecule has 0 aliphatic rings. The van der Waals surface area contributed by atoms with Crippen LogP contribution in [0.15, 0.2) is 35.2 Å². The molecule has 2 heterocycles. The molecule has 7 nitrogen and oxygen atoms in total. The second-order valence-corrected chi connectivity index (χ2v) is 9.89. The van der Waals surface area contributed by atoms with E-state index in [4.69, 9.17) is 5.14 Å². The molecule has 28 heavy (non-hydrogen) atoms. The molecule has 1 atom stereocenters. The maximum Gasteiger partial charge on any atom is 0.261 e. The van der Waals surface area contributed by atoms with Crippen molar-refractivity contribution in [1.82, 2.24) is 15.1 Å². The summed E-state index contributed by atoms with van der Waals surface area (Å²) in [5.74, 6) is 0.293. The Bertz CT molecular complexity index is 1110. The SMILES string of the molecule is Cc1nn(CC(C)C)c2sc(C(=O)N[C@H](C)c3ccc(S(N)(=O)=O)cc3)cc12. The minimum absolute atomic E-state index is 0.0458. The number of benzene rings is 1. The first kappa shape index (κ1) is 20.5. The highest BCUT2D eigenvalue weighted by molar-refractivity contribution is 7.89. The Balaban J connectivity index is 1.79.